The van der Waals surface area contributed by atoms with Gasteiger partial charge in [0.15, 0.2) is 0 Å². The highest BCUT2D eigenvalue weighted by Gasteiger charge is 2.24. The van der Waals surface area contributed by atoms with Crippen LogP contribution in [0.1, 0.15) is 25.5 Å². The summed E-state index contributed by atoms with van der Waals surface area (Å²) in [5, 5.41) is 19.5. The molecule has 3 rings (SSSR count). The predicted molar refractivity (Wildman–Crippen MR) is 76.1 cm³/mol. The molecule has 4 nitrogen and oxygen atoms in total. The average molecular weight is 259 g/mol. The van der Waals surface area contributed by atoms with Crippen molar-refractivity contribution in [1.82, 2.24) is 15.1 Å². The van der Waals surface area contributed by atoms with Crippen molar-refractivity contribution in [2.45, 2.75) is 44.9 Å². The molecule has 2 aromatic rings. The number of para-hydroxylation sites is 1. The minimum atomic E-state index is -0.342. The van der Waals surface area contributed by atoms with E-state index in [1.54, 1.807) is 0 Å². The Bertz CT molecular complexity index is 558. The standard InChI is InChI=1S/C15H21N3O/c1-2-18-14-8-4-3-6-11(14)13(17-18)10-15(19)12-7-5-9-16-12/h3-4,6,8,12,15-16,19H,2,5,7,9-10H2,1H3. The molecule has 1 fully saturated rings. The van der Waals surface area contributed by atoms with E-state index in [-0.39, 0.29) is 12.1 Å². The number of aryl methyl sites for hydroxylation is 1. The molecule has 2 N–H and O–H groups in total. The van der Waals surface area contributed by atoms with Crippen LogP contribution in [0.4, 0.5) is 0 Å². The Morgan fingerprint density at radius 3 is 3.05 bits per heavy atom. The molecule has 0 bridgehead atoms. The van der Waals surface area contributed by atoms with E-state index < -0.39 is 0 Å². The van der Waals surface area contributed by atoms with E-state index in [4.69, 9.17) is 0 Å². The maximum Gasteiger partial charge on any atom is 0.0749 e. The van der Waals surface area contributed by atoms with Crippen molar-refractivity contribution in [3.63, 3.8) is 0 Å². The van der Waals surface area contributed by atoms with E-state index in [1.165, 1.54) is 5.39 Å². The molecule has 1 aromatic carbocycles. The fourth-order valence-corrected chi connectivity index (χ4v) is 2.97. The topological polar surface area (TPSA) is 50.1 Å². The number of nitrogens with one attached hydrogen (secondary N) is 1. The molecule has 0 aliphatic carbocycles. The molecule has 1 saturated heterocycles. The summed E-state index contributed by atoms with van der Waals surface area (Å²) in [5.41, 5.74) is 2.17. The lowest BCUT2D eigenvalue weighted by Gasteiger charge is -2.17. The number of benzene rings is 1. The number of aliphatic hydroxyl groups is 1. The number of aromatic nitrogens is 2. The number of rotatable bonds is 4. The summed E-state index contributed by atoms with van der Waals surface area (Å²) in [7, 11) is 0. The van der Waals surface area contributed by atoms with Crippen LogP contribution in [0.15, 0.2) is 24.3 Å². The maximum absolute atomic E-state index is 10.3. The zero-order valence-corrected chi connectivity index (χ0v) is 11.3. The zero-order chi connectivity index (χ0) is 13.2. The summed E-state index contributed by atoms with van der Waals surface area (Å²) in [6.07, 6.45) is 2.51. The van der Waals surface area contributed by atoms with Crippen LogP contribution in [-0.2, 0) is 13.0 Å². The summed E-state index contributed by atoms with van der Waals surface area (Å²) < 4.78 is 2.01. The summed E-state index contributed by atoms with van der Waals surface area (Å²) in [4.78, 5) is 0. The van der Waals surface area contributed by atoms with E-state index in [0.29, 0.717) is 6.42 Å². The molecule has 2 atom stereocenters. The first kappa shape index (κ1) is 12.6. The first-order valence-electron chi connectivity index (χ1n) is 7.15. The van der Waals surface area contributed by atoms with Gasteiger partial charge in [-0.3, -0.25) is 4.68 Å². The SMILES string of the molecule is CCn1nc(CC(O)C2CCCN2)c2ccccc21. The van der Waals surface area contributed by atoms with Gasteiger partial charge in [-0.1, -0.05) is 18.2 Å². The van der Waals surface area contributed by atoms with Crippen molar-refractivity contribution in [2.24, 2.45) is 0 Å². The molecule has 19 heavy (non-hydrogen) atoms. The maximum atomic E-state index is 10.3. The molecule has 102 valence electrons. The highest BCUT2D eigenvalue weighted by Crippen LogP contribution is 2.21. The molecule has 1 aliphatic rings. The smallest absolute Gasteiger partial charge is 0.0749 e. The molecule has 0 saturated carbocycles. The fourth-order valence-electron chi connectivity index (χ4n) is 2.97. The van der Waals surface area contributed by atoms with Crippen molar-refractivity contribution >= 4 is 10.9 Å². The lowest BCUT2D eigenvalue weighted by Crippen LogP contribution is -2.36. The molecule has 0 radical (unpaired) electrons. The average Bonchev–Trinajstić information content (AvgIpc) is 3.07. The van der Waals surface area contributed by atoms with Gasteiger partial charge in [0.05, 0.1) is 17.3 Å². The number of fused-ring (bicyclic) bond motifs is 1. The van der Waals surface area contributed by atoms with E-state index in [0.717, 1.165) is 37.1 Å². The third kappa shape index (κ3) is 2.38. The molecule has 0 spiro atoms. The summed E-state index contributed by atoms with van der Waals surface area (Å²) in [5.74, 6) is 0. The Morgan fingerprint density at radius 1 is 1.47 bits per heavy atom. The van der Waals surface area contributed by atoms with Crippen molar-refractivity contribution < 1.29 is 5.11 Å². The van der Waals surface area contributed by atoms with Crippen molar-refractivity contribution in [2.75, 3.05) is 6.54 Å². The molecule has 1 aliphatic heterocycles. The lowest BCUT2D eigenvalue weighted by molar-refractivity contribution is 0.135. The first-order valence-corrected chi connectivity index (χ1v) is 7.15. The quantitative estimate of drug-likeness (QED) is 0.879. The molecule has 2 heterocycles. The minimum absolute atomic E-state index is 0.227. The van der Waals surface area contributed by atoms with Crippen LogP contribution >= 0.6 is 0 Å². The zero-order valence-electron chi connectivity index (χ0n) is 11.3. The second-order valence-electron chi connectivity index (χ2n) is 5.25. The van der Waals surface area contributed by atoms with Gasteiger partial charge in [-0.15, -0.1) is 0 Å². The Kier molecular flexibility index (Phi) is 3.53. The molecule has 1 aromatic heterocycles. The van der Waals surface area contributed by atoms with Gasteiger partial charge in [0, 0.05) is 24.4 Å². The highest BCUT2D eigenvalue weighted by atomic mass is 16.3. The monoisotopic (exact) mass is 259 g/mol. The highest BCUT2D eigenvalue weighted by molar-refractivity contribution is 5.82. The predicted octanol–water partition coefficient (Wildman–Crippen LogP) is 1.71. The van der Waals surface area contributed by atoms with Crippen LogP contribution in [0.2, 0.25) is 0 Å². The van der Waals surface area contributed by atoms with Crippen LogP contribution in [0.3, 0.4) is 0 Å². The largest absolute Gasteiger partial charge is 0.391 e. The third-order valence-electron chi connectivity index (χ3n) is 4.00. The van der Waals surface area contributed by atoms with Crippen LogP contribution in [0.5, 0.6) is 0 Å². The van der Waals surface area contributed by atoms with Gasteiger partial charge < -0.3 is 10.4 Å². The van der Waals surface area contributed by atoms with Crippen molar-refractivity contribution in [1.29, 1.82) is 0 Å². The fraction of sp³-hybridized carbons (Fsp3) is 0.533. The van der Waals surface area contributed by atoms with Crippen molar-refractivity contribution in [3.8, 4) is 0 Å². The lowest BCUT2D eigenvalue weighted by atomic mass is 10.0. The Labute approximate surface area is 113 Å². The number of hydrogen-bond acceptors (Lipinski definition) is 3. The van der Waals surface area contributed by atoms with Crippen LogP contribution in [0.25, 0.3) is 10.9 Å². The summed E-state index contributed by atoms with van der Waals surface area (Å²) in [6.45, 7) is 3.97. The van der Waals surface area contributed by atoms with Gasteiger partial charge in [0.1, 0.15) is 0 Å². The van der Waals surface area contributed by atoms with Crippen LogP contribution < -0.4 is 5.32 Å². The number of aliphatic hydroxyl groups excluding tert-OH is 1. The molecule has 0 amide bonds. The van der Waals surface area contributed by atoms with Gasteiger partial charge in [-0.25, -0.2) is 0 Å². The Balaban J connectivity index is 1.87. The van der Waals surface area contributed by atoms with E-state index in [9.17, 15) is 5.11 Å². The van der Waals surface area contributed by atoms with Gasteiger partial charge in [-0.2, -0.15) is 5.10 Å². The number of nitrogens with zero attached hydrogens (tertiary/aromatic N) is 2. The van der Waals surface area contributed by atoms with Crippen molar-refractivity contribution in [3.05, 3.63) is 30.0 Å². The van der Waals surface area contributed by atoms with Crippen LogP contribution in [0, 0.1) is 0 Å². The van der Waals surface area contributed by atoms with E-state index in [1.807, 2.05) is 16.8 Å². The second kappa shape index (κ2) is 5.31. The Hall–Kier alpha value is -1.39. The molecule has 2 unspecified atom stereocenters. The minimum Gasteiger partial charge on any atom is -0.391 e. The number of hydrogen-bond donors (Lipinski definition) is 2. The van der Waals surface area contributed by atoms with Crippen LogP contribution in [-0.4, -0.2) is 33.6 Å². The molecule has 4 heteroatoms. The normalized spacial score (nSPS) is 21.1. The second-order valence-corrected chi connectivity index (χ2v) is 5.25. The Morgan fingerprint density at radius 2 is 2.32 bits per heavy atom. The van der Waals surface area contributed by atoms with Gasteiger partial charge in [0.2, 0.25) is 0 Å². The summed E-state index contributed by atoms with van der Waals surface area (Å²) in [6, 6.07) is 8.49. The van der Waals surface area contributed by atoms with Gasteiger partial charge in [-0.05, 0) is 32.4 Å². The van der Waals surface area contributed by atoms with Gasteiger partial charge in [0.25, 0.3) is 0 Å². The van der Waals surface area contributed by atoms with Gasteiger partial charge >= 0.3 is 0 Å². The molecular weight excluding hydrogens is 238 g/mol. The molecular formula is C15H21N3O. The van der Waals surface area contributed by atoms with E-state index in [2.05, 4.69) is 29.5 Å². The van der Waals surface area contributed by atoms with E-state index >= 15 is 0 Å². The third-order valence-corrected chi connectivity index (χ3v) is 4.00. The first-order chi connectivity index (χ1) is 9.29. The summed E-state index contributed by atoms with van der Waals surface area (Å²) >= 11 is 0.